The van der Waals surface area contributed by atoms with Crippen molar-refractivity contribution < 1.29 is 4.74 Å². The molecule has 0 amide bonds. The minimum Gasteiger partial charge on any atom is -0.381 e. The number of hydrogen-bond donors (Lipinski definition) is 0. The molecule has 0 aliphatic heterocycles. The number of hydrogen-bond acceptors (Lipinski definition) is 5. The van der Waals surface area contributed by atoms with Crippen LogP contribution in [0.1, 0.15) is 13.8 Å². The highest BCUT2D eigenvalue weighted by molar-refractivity contribution is 7.99. The molecule has 2 aromatic heterocycles. The second kappa shape index (κ2) is 9.20. The smallest absolute Gasteiger partial charge is 0.191 e. The van der Waals surface area contributed by atoms with Crippen LogP contribution in [0.4, 0.5) is 0 Å². The van der Waals surface area contributed by atoms with Crippen molar-refractivity contribution in [2.45, 2.75) is 25.5 Å². The highest BCUT2D eigenvalue weighted by Gasteiger charge is 2.17. The SMILES string of the molecule is CCOCCSc1nnc(-c2cc(-c3ccccc3)nc3ccccc23)n1CC. The van der Waals surface area contributed by atoms with E-state index >= 15 is 0 Å². The Hall–Kier alpha value is -2.70. The van der Waals surface area contributed by atoms with E-state index in [9.17, 15) is 0 Å². The van der Waals surface area contributed by atoms with Crippen LogP contribution in [0.15, 0.2) is 65.8 Å². The van der Waals surface area contributed by atoms with Crippen molar-refractivity contribution >= 4 is 22.7 Å². The van der Waals surface area contributed by atoms with E-state index in [0.717, 1.165) is 57.6 Å². The molecule has 2 aromatic carbocycles. The zero-order valence-electron chi connectivity index (χ0n) is 16.7. The Kier molecular flexibility index (Phi) is 6.22. The number of aromatic nitrogens is 4. The maximum absolute atomic E-state index is 5.46. The van der Waals surface area contributed by atoms with Gasteiger partial charge < -0.3 is 9.30 Å². The summed E-state index contributed by atoms with van der Waals surface area (Å²) in [6.07, 6.45) is 0. The van der Waals surface area contributed by atoms with Crippen LogP contribution in [-0.4, -0.2) is 38.7 Å². The average Bonchev–Trinajstić information content (AvgIpc) is 3.19. The summed E-state index contributed by atoms with van der Waals surface area (Å²) < 4.78 is 7.63. The third-order valence-corrected chi connectivity index (χ3v) is 5.65. The fraction of sp³-hybridized carbons (Fsp3) is 0.261. The third-order valence-electron chi connectivity index (χ3n) is 4.72. The Morgan fingerprint density at radius 2 is 1.76 bits per heavy atom. The van der Waals surface area contributed by atoms with Gasteiger partial charge in [0.2, 0.25) is 0 Å². The summed E-state index contributed by atoms with van der Waals surface area (Å²) in [5, 5.41) is 11.0. The summed E-state index contributed by atoms with van der Waals surface area (Å²) in [5.74, 6) is 1.74. The Balaban J connectivity index is 1.80. The molecule has 0 radical (unpaired) electrons. The maximum atomic E-state index is 5.46. The standard InChI is InChI=1S/C23H24N4OS/c1-3-27-22(25-26-23(27)29-15-14-28-4-2)19-16-21(17-10-6-5-7-11-17)24-20-13-9-8-12-18(19)20/h5-13,16H,3-4,14-15H2,1-2H3. The molecule has 0 N–H and O–H groups in total. The molecule has 0 atom stereocenters. The van der Waals surface area contributed by atoms with Gasteiger partial charge in [0.1, 0.15) is 0 Å². The predicted molar refractivity (Wildman–Crippen MR) is 119 cm³/mol. The monoisotopic (exact) mass is 404 g/mol. The first-order valence-corrected chi connectivity index (χ1v) is 10.9. The lowest BCUT2D eigenvalue weighted by Crippen LogP contribution is -2.03. The van der Waals surface area contributed by atoms with Crippen LogP contribution in [0.3, 0.4) is 0 Å². The van der Waals surface area contributed by atoms with Gasteiger partial charge in [-0.3, -0.25) is 0 Å². The number of ether oxygens (including phenoxy) is 1. The number of thioether (sulfide) groups is 1. The summed E-state index contributed by atoms with van der Waals surface area (Å²) in [6.45, 7) is 6.38. The fourth-order valence-electron chi connectivity index (χ4n) is 3.33. The summed E-state index contributed by atoms with van der Waals surface area (Å²) in [5.41, 5.74) is 4.05. The Morgan fingerprint density at radius 3 is 2.55 bits per heavy atom. The van der Waals surface area contributed by atoms with Crippen LogP contribution in [-0.2, 0) is 11.3 Å². The van der Waals surface area contributed by atoms with Gasteiger partial charge in [0.15, 0.2) is 11.0 Å². The Labute approximate surface area is 175 Å². The second-order valence-electron chi connectivity index (χ2n) is 6.53. The van der Waals surface area contributed by atoms with Crippen LogP contribution in [0.2, 0.25) is 0 Å². The normalized spacial score (nSPS) is 11.2. The molecule has 4 rings (SSSR count). The van der Waals surface area contributed by atoms with Gasteiger partial charge in [-0.05, 0) is 26.0 Å². The molecular formula is C23H24N4OS. The number of benzene rings is 2. The van der Waals surface area contributed by atoms with Crippen LogP contribution in [0, 0.1) is 0 Å². The van der Waals surface area contributed by atoms with E-state index in [1.54, 1.807) is 11.8 Å². The first-order valence-electron chi connectivity index (χ1n) is 9.91. The first kappa shape index (κ1) is 19.6. The maximum Gasteiger partial charge on any atom is 0.191 e. The minimum absolute atomic E-state index is 0.712. The topological polar surface area (TPSA) is 52.8 Å². The fourth-order valence-corrected chi connectivity index (χ4v) is 4.19. The number of nitrogens with zero attached hydrogens (tertiary/aromatic N) is 4. The van der Waals surface area contributed by atoms with Crippen molar-refractivity contribution in [2.24, 2.45) is 0 Å². The molecular weight excluding hydrogens is 380 g/mol. The van der Waals surface area contributed by atoms with E-state index in [1.165, 1.54) is 0 Å². The number of pyridine rings is 1. The largest absolute Gasteiger partial charge is 0.381 e. The van der Waals surface area contributed by atoms with Crippen molar-refractivity contribution in [3.8, 4) is 22.6 Å². The highest BCUT2D eigenvalue weighted by Crippen LogP contribution is 2.32. The molecule has 148 valence electrons. The number of fused-ring (bicyclic) bond motifs is 1. The van der Waals surface area contributed by atoms with Gasteiger partial charge in [-0.2, -0.15) is 0 Å². The zero-order chi connectivity index (χ0) is 20.1. The van der Waals surface area contributed by atoms with Crippen LogP contribution >= 0.6 is 11.8 Å². The molecule has 0 bridgehead atoms. The summed E-state index contributed by atoms with van der Waals surface area (Å²) >= 11 is 1.68. The third kappa shape index (κ3) is 4.18. The van der Waals surface area contributed by atoms with E-state index < -0.39 is 0 Å². The van der Waals surface area contributed by atoms with Crippen molar-refractivity contribution in [1.82, 2.24) is 19.7 Å². The van der Waals surface area contributed by atoms with Crippen LogP contribution in [0.5, 0.6) is 0 Å². The van der Waals surface area contributed by atoms with E-state index in [0.29, 0.717) is 6.61 Å². The molecule has 6 heteroatoms. The highest BCUT2D eigenvalue weighted by atomic mass is 32.2. The van der Waals surface area contributed by atoms with Crippen molar-refractivity contribution in [1.29, 1.82) is 0 Å². The zero-order valence-corrected chi connectivity index (χ0v) is 17.5. The minimum atomic E-state index is 0.712. The van der Waals surface area contributed by atoms with Gasteiger partial charge in [-0.25, -0.2) is 4.98 Å². The van der Waals surface area contributed by atoms with Crippen LogP contribution in [0.25, 0.3) is 33.5 Å². The Bertz CT molecular complexity index is 1090. The molecule has 4 aromatic rings. The first-order chi connectivity index (χ1) is 14.3. The van der Waals surface area contributed by atoms with E-state index in [1.807, 2.05) is 37.3 Å². The molecule has 0 spiro atoms. The van der Waals surface area contributed by atoms with E-state index in [2.05, 4.69) is 52.0 Å². The van der Waals surface area contributed by atoms with E-state index in [4.69, 9.17) is 9.72 Å². The Morgan fingerprint density at radius 1 is 0.966 bits per heavy atom. The number of para-hydroxylation sites is 1. The summed E-state index contributed by atoms with van der Waals surface area (Å²) in [7, 11) is 0. The lowest BCUT2D eigenvalue weighted by Gasteiger charge is -2.11. The van der Waals surface area contributed by atoms with Crippen molar-refractivity contribution in [2.75, 3.05) is 19.0 Å². The number of rotatable bonds is 8. The van der Waals surface area contributed by atoms with Gasteiger partial charge in [-0.1, -0.05) is 60.3 Å². The van der Waals surface area contributed by atoms with Gasteiger partial charge in [0.05, 0.1) is 17.8 Å². The van der Waals surface area contributed by atoms with Gasteiger partial charge in [0.25, 0.3) is 0 Å². The molecule has 5 nitrogen and oxygen atoms in total. The molecule has 2 heterocycles. The molecule has 0 aliphatic carbocycles. The lowest BCUT2D eigenvalue weighted by molar-refractivity contribution is 0.164. The van der Waals surface area contributed by atoms with Gasteiger partial charge >= 0.3 is 0 Å². The van der Waals surface area contributed by atoms with Gasteiger partial charge in [-0.15, -0.1) is 10.2 Å². The molecule has 0 aliphatic rings. The quantitative estimate of drug-likeness (QED) is 0.294. The molecule has 0 unspecified atom stereocenters. The predicted octanol–water partition coefficient (Wildman–Crippen LogP) is 5.31. The second-order valence-corrected chi connectivity index (χ2v) is 7.60. The molecule has 0 fully saturated rings. The summed E-state index contributed by atoms with van der Waals surface area (Å²) in [4.78, 5) is 4.88. The van der Waals surface area contributed by atoms with E-state index in [-0.39, 0.29) is 0 Å². The average molecular weight is 405 g/mol. The van der Waals surface area contributed by atoms with Crippen molar-refractivity contribution in [3.05, 3.63) is 60.7 Å². The van der Waals surface area contributed by atoms with Crippen LogP contribution < -0.4 is 0 Å². The molecule has 0 saturated heterocycles. The molecule has 0 saturated carbocycles. The van der Waals surface area contributed by atoms with Gasteiger partial charge in [0, 0.05) is 35.4 Å². The molecule has 29 heavy (non-hydrogen) atoms. The van der Waals surface area contributed by atoms with Crippen molar-refractivity contribution in [3.63, 3.8) is 0 Å². The lowest BCUT2D eigenvalue weighted by atomic mass is 10.0. The summed E-state index contributed by atoms with van der Waals surface area (Å²) in [6, 6.07) is 20.6.